The molecule has 0 radical (unpaired) electrons. The van der Waals surface area contributed by atoms with E-state index >= 15 is 0 Å². The Morgan fingerprint density at radius 1 is 1.08 bits per heavy atom. The third-order valence-electron chi connectivity index (χ3n) is 8.83. The summed E-state index contributed by atoms with van der Waals surface area (Å²) in [6.07, 6.45) is 9.38. The maximum Gasteiger partial charge on any atom is 0.161 e. The van der Waals surface area contributed by atoms with Crippen LogP contribution in [-0.2, 0) is 4.79 Å². The molecule has 0 spiro atoms. The van der Waals surface area contributed by atoms with Gasteiger partial charge in [0.25, 0.3) is 0 Å². The van der Waals surface area contributed by atoms with Gasteiger partial charge < -0.3 is 10.2 Å². The Morgan fingerprint density at radius 2 is 1.85 bits per heavy atom. The number of aliphatic hydroxyl groups excluding tert-OH is 1. The third-order valence-corrected chi connectivity index (χ3v) is 8.93. The molecule has 4 aliphatic rings. The Bertz CT molecular complexity index is 637. The van der Waals surface area contributed by atoms with Crippen LogP contribution in [-0.4, -0.2) is 28.2 Å². The smallest absolute Gasteiger partial charge is 0.161 e. The van der Waals surface area contributed by atoms with E-state index in [1.54, 1.807) is 0 Å². The van der Waals surface area contributed by atoms with Crippen LogP contribution in [0.4, 0.5) is 0 Å². The molecule has 4 saturated carbocycles. The average molecular weight is 379 g/mol. The Morgan fingerprint density at radius 3 is 2.58 bits per heavy atom. The quantitative estimate of drug-likeness (QED) is 0.719. The SMILES string of the molecule is C[C@]12CC[C@H]3[C@@H](CC[C@@H]4C[C@@](O)(C#CCl)CC[C@@H]43)[C@@H]1CC[C@@H]2C(=O)CO. The zero-order valence-corrected chi connectivity index (χ0v) is 16.5. The van der Waals surface area contributed by atoms with Gasteiger partial charge in [-0.3, -0.25) is 4.79 Å². The lowest BCUT2D eigenvalue weighted by Crippen LogP contribution is -2.51. The lowest BCUT2D eigenvalue weighted by atomic mass is 9.49. The highest BCUT2D eigenvalue weighted by Gasteiger charge is 2.58. The van der Waals surface area contributed by atoms with Crippen molar-refractivity contribution in [3.63, 3.8) is 0 Å². The number of rotatable bonds is 2. The molecule has 144 valence electrons. The Hall–Kier alpha value is -0.560. The minimum Gasteiger partial charge on any atom is -0.389 e. The molecule has 4 heteroatoms. The van der Waals surface area contributed by atoms with Crippen LogP contribution >= 0.6 is 11.6 Å². The monoisotopic (exact) mass is 378 g/mol. The standard InChI is InChI=1S/C22H31ClO3/c1-21-8-6-16-15-7-9-22(26,10-11-23)12-14(15)2-3-17(16)18(21)4-5-19(21)20(25)13-24/h14-19,24,26H,2-9,12-13H2,1H3/t14-,15+,16-,17-,18+,19-,21+,22+/m1/s1. The van der Waals surface area contributed by atoms with E-state index in [4.69, 9.17) is 11.6 Å². The second kappa shape index (κ2) is 6.80. The maximum absolute atomic E-state index is 12.3. The van der Waals surface area contributed by atoms with Gasteiger partial charge in [0, 0.05) is 11.3 Å². The first-order valence-corrected chi connectivity index (χ1v) is 10.8. The van der Waals surface area contributed by atoms with Crippen LogP contribution in [0, 0.1) is 52.2 Å². The largest absolute Gasteiger partial charge is 0.389 e. The Balaban J connectivity index is 1.52. The van der Waals surface area contributed by atoms with E-state index < -0.39 is 5.60 Å². The van der Waals surface area contributed by atoms with Crippen molar-refractivity contribution >= 4 is 17.4 Å². The molecule has 4 fully saturated rings. The number of hydrogen-bond donors (Lipinski definition) is 2. The third kappa shape index (κ3) is 2.84. The predicted molar refractivity (Wildman–Crippen MR) is 101 cm³/mol. The molecule has 3 nitrogen and oxygen atoms in total. The Kier molecular flexibility index (Phi) is 4.91. The van der Waals surface area contributed by atoms with Crippen LogP contribution in [0.1, 0.15) is 64.7 Å². The van der Waals surface area contributed by atoms with E-state index in [0.29, 0.717) is 17.8 Å². The first-order valence-electron chi connectivity index (χ1n) is 10.4. The van der Waals surface area contributed by atoms with E-state index in [2.05, 4.69) is 18.2 Å². The highest BCUT2D eigenvalue weighted by atomic mass is 35.5. The van der Waals surface area contributed by atoms with Crippen molar-refractivity contribution in [2.24, 2.45) is 40.9 Å². The second-order valence-electron chi connectivity index (χ2n) is 9.73. The van der Waals surface area contributed by atoms with Crippen molar-refractivity contribution in [1.29, 1.82) is 0 Å². The van der Waals surface area contributed by atoms with Crippen molar-refractivity contribution < 1.29 is 15.0 Å². The van der Waals surface area contributed by atoms with Gasteiger partial charge in [-0.1, -0.05) is 12.8 Å². The molecule has 0 aliphatic heterocycles. The van der Waals surface area contributed by atoms with Crippen molar-refractivity contribution in [2.45, 2.75) is 70.3 Å². The van der Waals surface area contributed by atoms with Gasteiger partial charge in [0.05, 0.1) is 0 Å². The highest BCUT2D eigenvalue weighted by molar-refractivity contribution is 6.30. The fourth-order valence-electron chi connectivity index (χ4n) is 7.72. The molecule has 4 rings (SSSR count). The van der Waals surface area contributed by atoms with Crippen LogP contribution in [0.25, 0.3) is 0 Å². The highest BCUT2D eigenvalue weighted by Crippen LogP contribution is 2.64. The molecule has 0 aromatic rings. The van der Waals surface area contributed by atoms with Crippen LogP contribution in [0.5, 0.6) is 0 Å². The van der Waals surface area contributed by atoms with Crippen molar-refractivity contribution in [3.8, 4) is 11.3 Å². The topological polar surface area (TPSA) is 57.5 Å². The van der Waals surface area contributed by atoms with Gasteiger partial charge in [0.2, 0.25) is 0 Å². The molecule has 26 heavy (non-hydrogen) atoms. The summed E-state index contributed by atoms with van der Waals surface area (Å²) in [6, 6.07) is 0. The van der Waals surface area contributed by atoms with Crippen LogP contribution in [0.3, 0.4) is 0 Å². The van der Waals surface area contributed by atoms with E-state index in [1.165, 1.54) is 19.3 Å². The molecule has 0 heterocycles. The van der Waals surface area contributed by atoms with Crippen molar-refractivity contribution in [3.05, 3.63) is 0 Å². The molecule has 8 atom stereocenters. The number of halogens is 1. The predicted octanol–water partition coefficient (Wildman–Crippen LogP) is 3.75. The van der Waals surface area contributed by atoms with Gasteiger partial charge in [-0.2, -0.15) is 0 Å². The van der Waals surface area contributed by atoms with Gasteiger partial charge in [-0.25, -0.2) is 0 Å². The number of fused-ring (bicyclic) bond motifs is 5. The normalized spacial score (nSPS) is 50.0. The van der Waals surface area contributed by atoms with E-state index in [-0.39, 0.29) is 23.7 Å². The summed E-state index contributed by atoms with van der Waals surface area (Å²) in [7, 11) is 0. The van der Waals surface area contributed by atoms with Crippen LogP contribution in [0.2, 0.25) is 0 Å². The molecule has 0 unspecified atom stereocenters. The van der Waals surface area contributed by atoms with Gasteiger partial charge in [-0.05, 0) is 104 Å². The minimum absolute atomic E-state index is 0.0597. The van der Waals surface area contributed by atoms with Gasteiger partial charge >= 0.3 is 0 Å². The van der Waals surface area contributed by atoms with Crippen LogP contribution in [0.15, 0.2) is 0 Å². The molecule has 0 bridgehead atoms. The van der Waals surface area contributed by atoms with Gasteiger partial charge in [0.1, 0.15) is 12.2 Å². The van der Waals surface area contributed by atoms with Crippen molar-refractivity contribution in [1.82, 2.24) is 0 Å². The van der Waals surface area contributed by atoms with Crippen molar-refractivity contribution in [2.75, 3.05) is 6.61 Å². The second-order valence-corrected chi connectivity index (χ2v) is 9.92. The number of Topliss-reactive ketones (excluding diaryl/α,β-unsaturated/α-hetero) is 1. The fourth-order valence-corrected chi connectivity index (χ4v) is 7.89. The van der Waals surface area contributed by atoms with Gasteiger partial charge in [0.15, 0.2) is 5.78 Å². The molecular weight excluding hydrogens is 348 g/mol. The Labute approximate surface area is 161 Å². The summed E-state index contributed by atoms with van der Waals surface area (Å²) >= 11 is 5.57. The zero-order chi connectivity index (χ0) is 18.5. The molecule has 0 aromatic heterocycles. The van der Waals surface area contributed by atoms with E-state index in [9.17, 15) is 15.0 Å². The van der Waals surface area contributed by atoms with Crippen LogP contribution < -0.4 is 0 Å². The molecule has 0 saturated heterocycles. The first kappa shape index (κ1) is 18.8. The number of carbonyl (C=O) groups excluding carboxylic acids is 1. The number of ketones is 1. The lowest BCUT2D eigenvalue weighted by molar-refractivity contribution is -0.134. The summed E-state index contributed by atoms with van der Waals surface area (Å²) in [5, 5.41) is 22.5. The molecule has 0 aromatic carbocycles. The molecule has 2 N–H and O–H groups in total. The molecular formula is C22H31ClO3. The number of hydrogen-bond acceptors (Lipinski definition) is 3. The molecule has 0 amide bonds. The summed E-state index contributed by atoms with van der Waals surface area (Å²) < 4.78 is 0. The van der Waals surface area contributed by atoms with E-state index in [0.717, 1.165) is 50.4 Å². The maximum atomic E-state index is 12.3. The number of carbonyl (C=O) groups is 1. The molecule has 4 aliphatic carbocycles. The minimum atomic E-state index is -0.884. The van der Waals surface area contributed by atoms with E-state index in [1.807, 2.05) is 0 Å². The fraction of sp³-hybridized carbons (Fsp3) is 0.864. The summed E-state index contributed by atoms with van der Waals surface area (Å²) in [5.74, 6) is 6.31. The summed E-state index contributed by atoms with van der Waals surface area (Å²) in [5.41, 5.74) is -0.793. The zero-order valence-electron chi connectivity index (χ0n) is 15.7. The lowest BCUT2D eigenvalue weighted by Gasteiger charge is -2.56. The average Bonchev–Trinajstić information content (AvgIpc) is 2.98. The first-order chi connectivity index (χ1) is 12.4. The summed E-state index contributed by atoms with van der Waals surface area (Å²) in [6.45, 7) is 2.02. The number of aliphatic hydroxyl groups is 2. The summed E-state index contributed by atoms with van der Waals surface area (Å²) in [4.78, 5) is 12.3. The van der Waals surface area contributed by atoms with Gasteiger partial charge in [-0.15, -0.1) is 0 Å².